The summed E-state index contributed by atoms with van der Waals surface area (Å²) in [5, 5.41) is 6.46. The van der Waals surface area contributed by atoms with Gasteiger partial charge < -0.3 is 10.6 Å². The van der Waals surface area contributed by atoms with Crippen LogP contribution in [0.3, 0.4) is 0 Å². The van der Waals surface area contributed by atoms with E-state index in [9.17, 15) is 13.2 Å². The molecule has 0 bridgehead atoms. The molecule has 1 saturated carbocycles. The van der Waals surface area contributed by atoms with Crippen LogP contribution in [-0.2, 0) is 17.9 Å². The van der Waals surface area contributed by atoms with Gasteiger partial charge in [-0.3, -0.25) is 9.88 Å². The lowest BCUT2D eigenvalue weighted by Crippen LogP contribution is -2.43. The second kappa shape index (κ2) is 23.1. The van der Waals surface area contributed by atoms with Crippen LogP contribution >= 0.6 is 0 Å². The number of hydrogen-bond acceptors (Lipinski definition) is 4. The first-order valence-corrected chi connectivity index (χ1v) is 18.0. The van der Waals surface area contributed by atoms with Crippen LogP contribution in [0, 0.1) is 12.7 Å². The van der Waals surface area contributed by atoms with Crippen molar-refractivity contribution >= 4 is 0 Å². The molecule has 0 saturated heterocycles. The highest BCUT2D eigenvalue weighted by Gasteiger charge is 2.37. The Balaban J connectivity index is 0.000000490. The van der Waals surface area contributed by atoms with Crippen LogP contribution < -0.4 is 10.6 Å². The van der Waals surface area contributed by atoms with Gasteiger partial charge in [-0.05, 0) is 107 Å². The highest BCUT2D eigenvalue weighted by atomic mass is 19.3. The van der Waals surface area contributed by atoms with Gasteiger partial charge in [-0.15, -0.1) is 0 Å². The number of aromatic nitrogens is 1. The molecule has 1 aliphatic carbocycles. The number of nitrogens with zero attached hydrogens (tertiary/aromatic N) is 2. The van der Waals surface area contributed by atoms with Gasteiger partial charge in [0, 0.05) is 37.7 Å². The Hall–Kier alpha value is -3.42. The summed E-state index contributed by atoms with van der Waals surface area (Å²) in [4.78, 5) is 7.00. The Morgan fingerprint density at radius 2 is 1.57 bits per heavy atom. The molecule has 3 aromatic rings. The van der Waals surface area contributed by atoms with Crippen molar-refractivity contribution in [1.29, 1.82) is 0 Å². The number of halogens is 3. The van der Waals surface area contributed by atoms with E-state index >= 15 is 0 Å². The molecule has 1 aliphatic rings. The van der Waals surface area contributed by atoms with E-state index in [2.05, 4.69) is 61.5 Å². The smallest absolute Gasteiger partial charge is 0.270 e. The minimum absolute atomic E-state index is 0.356. The van der Waals surface area contributed by atoms with Gasteiger partial charge in [-0.2, -0.15) is 0 Å². The van der Waals surface area contributed by atoms with Crippen LogP contribution in [0.1, 0.15) is 108 Å². The van der Waals surface area contributed by atoms with Gasteiger partial charge in [-0.25, -0.2) is 13.2 Å². The van der Waals surface area contributed by atoms with E-state index in [0.29, 0.717) is 17.7 Å². The molecule has 1 atom stereocenters. The Labute approximate surface area is 296 Å². The number of pyridine rings is 1. The van der Waals surface area contributed by atoms with Crippen LogP contribution in [-0.4, -0.2) is 42.6 Å². The maximum Gasteiger partial charge on any atom is 0.270 e. The largest absolute Gasteiger partial charge is 0.377 e. The quantitative estimate of drug-likeness (QED) is 0.166. The molecule has 7 heteroatoms. The molecule has 1 heterocycles. The van der Waals surface area contributed by atoms with E-state index in [0.717, 1.165) is 36.7 Å². The van der Waals surface area contributed by atoms with E-state index in [1.165, 1.54) is 75.5 Å². The molecule has 0 amide bonds. The summed E-state index contributed by atoms with van der Waals surface area (Å²) in [6, 6.07) is 17.6. The fourth-order valence-electron chi connectivity index (χ4n) is 5.93. The molecule has 49 heavy (non-hydrogen) atoms. The van der Waals surface area contributed by atoms with Crippen molar-refractivity contribution in [2.45, 2.75) is 111 Å². The monoisotopic (exact) mass is 681 g/mol. The van der Waals surface area contributed by atoms with Gasteiger partial charge in [-0.1, -0.05) is 95.7 Å². The molecule has 2 aromatic carbocycles. The van der Waals surface area contributed by atoms with Crippen molar-refractivity contribution in [1.82, 2.24) is 20.5 Å². The fourth-order valence-corrected chi connectivity index (χ4v) is 5.93. The molecule has 1 fully saturated rings. The summed E-state index contributed by atoms with van der Waals surface area (Å²) < 4.78 is 42.5. The molecule has 1 unspecified atom stereocenters. The van der Waals surface area contributed by atoms with Gasteiger partial charge in [0.2, 0.25) is 0 Å². The van der Waals surface area contributed by atoms with E-state index in [1.807, 2.05) is 63.2 Å². The van der Waals surface area contributed by atoms with Crippen molar-refractivity contribution in [3.8, 4) is 0 Å². The predicted octanol–water partition coefficient (Wildman–Crippen LogP) is 10.7. The second-order valence-electron chi connectivity index (χ2n) is 12.8. The van der Waals surface area contributed by atoms with E-state index < -0.39 is 17.3 Å². The summed E-state index contributed by atoms with van der Waals surface area (Å²) in [6.07, 6.45) is 11.7. The summed E-state index contributed by atoms with van der Waals surface area (Å²) >= 11 is 0. The summed E-state index contributed by atoms with van der Waals surface area (Å²) in [5.74, 6) is -3.90. The zero-order valence-corrected chi connectivity index (χ0v) is 31.5. The van der Waals surface area contributed by atoms with Crippen molar-refractivity contribution in [2.24, 2.45) is 0 Å². The van der Waals surface area contributed by atoms with Gasteiger partial charge in [0.15, 0.2) is 0 Å². The Morgan fingerprint density at radius 1 is 0.980 bits per heavy atom. The molecule has 0 radical (unpaired) electrons. The molecule has 0 aliphatic heterocycles. The first kappa shape index (κ1) is 43.6. The van der Waals surface area contributed by atoms with Crippen LogP contribution in [0.25, 0.3) is 0 Å². The number of alkyl halides is 2. The third-order valence-corrected chi connectivity index (χ3v) is 8.24. The fraction of sp³-hybridized carbons (Fsp3) is 0.500. The zero-order chi connectivity index (χ0) is 36.9. The minimum atomic E-state index is -3.18. The topological polar surface area (TPSA) is 40.2 Å². The number of nitrogens with one attached hydrogen (secondary N) is 2. The molecule has 2 N–H and O–H groups in total. The number of hydrogen-bond donors (Lipinski definition) is 2. The molecule has 4 nitrogen and oxygen atoms in total. The summed E-state index contributed by atoms with van der Waals surface area (Å²) in [6.45, 7) is 24.4. The Kier molecular flexibility index (Phi) is 20.5. The number of benzene rings is 2. The summed E-state index contributed by atoms with van der Waals surface area (Å²) in [7, 11) is 2.05. The number of aryl methyl sites for hydroxylation is 1. The molecule has 4 rings (SSSR count). The Morgan fingerprint density at radius 3 is 2.02 bits per heavy atom. The average molecular weight is 681 g/mol. The van der Waals surface area contributed by atoms with Gasteiger partial charge in [0.25, 0.3) is 5.92 Å². The number of rotatable bonds is 14. The average Bonchev–Trinajstić information content (AvgIpc) is 3.61. The molecular weight excluding hydrogens is 617 g/mol. The normalized spacial score (nSPS) is 13.9. The van der Waals surface area contributed by atoms with E-state index in [4.69, 9.17) is 0 Å². The molecule has 1 aromatic heterocycles. The van der Waals surface area contributed by atoms with Gasteiger partial charge in [0.05, 0.1) is 5.69 Å². The second-order valence-corrected chi connectivity index (χ2v) is 12.8. The van der Waals surface area contributed by atoms with E-state index in [1.54, 1.807) is 6.20 Å². The molecule has 272 valence electrons. The highest BCUT2D eigenvalue weighted by molar-refractivity contribution is 5.42. The minimum Gasteiger partial charge on any atom is -0.377 e. The predicted molar refractivity (Wildman–Crippen MR) is 204 cm³/mol. The lowest BCUT2D eigenvalue weighted by molar-refractivity contribution is 0.0170. The van der Waals surface area contributed by atoms with Gasteiger partial charge >= 0.3 is 0 Å². The van der Waals surface area contributed by atoms with E-state index in [-0.39, 0.29) is 5.56 Å². The third-order valence-electron chi connectivity index (χ3n) is 8.24. The lowest BCUT2D eigenvalue weighted by Gasteiger charge is -2.35. The van der Waals surface area contributed by atoms with Crippen molar-refractivity contribution in [3.63, 3.8) is 0 Å². The lowest BCUT2D eigenvalue weighted by atomic mass is 9.79. The van der Waals surface area contributed by atoms with Crippen molar-refractivity contribution < 1.29 is 13.2 Å². The molecule has 0 spiro atoms. The third kappa shape index (κ3) is 15.3. The van der Waals surface area contributed by atoms with Gasteiger partial charge in [0.1, 0.15) is 11.4 Å². The first-order chi connectivity index (χ1) is 23.4. The van der Waals surface area contributed by atoms with Crippen molar-refractivity contribution in [3.05, 3.63) is 126 Å². The van der Waals surface area contributed by atoms with Crippen molar-refractivity contribution in [2.75, 3.05) is 26.7 Å². The SMILES string of the molecule is C=C(C)CN(CCC)CCC.C=CNC(Cc1ccccc1)(c1cc(F)cc(C(C)(F)F)c1)c1ccc(C)cn1.CC.CNC1CCCC1. The molecular formula is C42H63F3N4. The Bertz CT molecular complexity index is 1330. The van der Waals surface area contributed by atoms with Crippen LogP contribution in [0.15, 0.2) is 91.8 Å². The standard InChI is InChI=1S/C24H23F3N2.C10H21N.C6H13N.C2H6/c1-4-29-24(15-18-8-6-5-7-9-18,22-11-10-17(2)16-28-22)20-12-19(23(3,26)27)13-21(25)14-20;1-5-7-11(8-6-2)9-10(3)4;1-7-6-4-2-3-5-6;1-2/h4-14,16,29H,1,15H2,2-3H3;3,5-9H2,1-2,4H3;6-7H,2-5H2,1H3;1-2H3. The maximum absolute atomic E-state index is 14.4. The van der Waals surface area contributed by atoms with Crippen LogP contribution in [0.4, 0.5) is 13.2 Å². The summed E-state index contributed by atoms with van der Waals surface area (Å²) in [5.41, 5.74) is 2.66. The highest BCUT2D eigenvalue weighted by Crippen LogP contribution is 2.37. The maximum atomic E-state index is 14.4. The van der Waals surface area contributed by atoms with Crippen LogP contribution in [0.2, 0.25) is 0 Å². The van der Waals surface area contributed by atoms with Crippen LogP contribution in [0.5, 0.6) is 0 Å². The first-order valence-electron chi connectivity index (χ1n) is 18.0. The zero-order valence-electron chi connectivity index (χ0n) is 31.5.